The van der Waals surface area contributed by atoms with E-state index in [1.807, 2.05) is 41.2 Å². The van der Waals surface area contributed by atoms with E-state index >= 15 is 0 Å². The largest absolute Gasteiger partial charge is 0.508 e. The summed E-state index contributed by atoms with van der Waals surface area (Å²) in [5.74, 6) is 1.32. The second kappa shape index (κ2) is 9.00. The van der Waals surface area contributed by atoms with Crippen molar-refractivity contribution in [3.63, 3.8) is 0 Å². The van der Waals surface area contributed by atoms with Gasteiger partial charge in [-0.25, -0.2) is 0 Å². The van der Waals surface area contributed by atoms with Crippen LogP contribution in [-0.4, -0.2) is 50.0 Å². The lowest BCUT2D eigenvalue weighted by Gasteiger charge is -2.49. The molecule has 2 N–H and O–H groups in total. The Morgan fingerprint density at radius 1 is 1.19 bits per heavy atom. The average molecular weight is 434 g/mol. The summed E-state index contributed by atoms with van der Waals surface area (Å²) in [4.78, 5) is 15.3. The van der Waals surface area contributed by atoms with Gasteiger partial charge in [-0.2, -0.15) is 0 Å². The van der Waals surface area contributed by atoms with Gasteiger partial charge in [-0.15, -0.1) is 5.10 Å². The SMILES string of the molecule is O=C(Nc1cccc(O)c1)[C@H]1CN2CCC1C[C@@H]2Cn1cc(COc2ccccc2)nn1. The molecule has 3 saturated heterocycles. The van der Waals surface area contributed by atoms with Crippen LogP contribution >= 0.6 is 0 Å². The molecule has 0 radical (unpaired) electrons. The molecule has 3 aliphatic rings. The maximum Gasteiger partial charge on any atom is 0.229 e. The molecule has 0 aliphatic carbocycles. The highest BCUT2D eigenvalue weighted by Gasteiger charge is 2.43. The smallest absolute Gasteiger partial charge is 0.229 e. The number of nitrogens with one attached hydrogen (secondary N) is 1. The van der Waals surface area contributed by atoms with Gasteiger partial charge in [0, 0.05) is 24.3 Å². The van der Waals surface area contributed by atoms with Gasteiger partial charge in [-0.3, -0.25) is 14.4 Å². The Kier molecular flexibility index (Phi) is 5.77. The van der Waals surface area contributed by atoms with E-state index in [1.165, 1.54) is 0 Å². The first-order valence-electron chi connectivity index (χ1n) is 11.0. The average Bonchev–Trinajstić information content (AvgIpc) is 3.26. The first kappa shape index (κ1) is 20.5. The zero-order valence-corrected chi connectivity index (χ0v) is 17.8. The summed E-state index contributed by atoms with van der Waals surface area (Å²) in [6.07, 6.45) is 3.94. The molecule has 32 heavy (non-hydrogen) atoms. The van der Waals surface area contributed by atoms with Crippen molar-refractivity contribution in [2.24, 2.45) is 11.8 Å². The number of phenolic OH excluding ortho intramolecular Hbond substituents is 1. The van der Waals surface area contributed by atoms with E-state index in [0.29, 0.717) is 24.3 Å². The lowest BCUT2D eigenvalue weighted by Crippen LogP contribution is -2.57. The minimum atomic E-state index is -0.0343. The number of amides is 1. The monoisotopic (exact) mass is 433 g/mol. The van der Waals surface area contributed by atoms with Crippen molar-refractivity contribution >= 4 is 11.6 Å². The van der Waals surface area contributed by atoms with E-state index in [9.17, 15) is 9.90 Å². The van der Waals surface area contributed by atoms with Crippen LogP contribution in [0.4, 0.5) is 5.69 Å². The van der Waals surface area contributed by atoms with Gasteiger partial charge in [0.1, 0.15) is 23.8 Å². The molecule has 2 bridgehead atoms. The summed E-state index contributed by atoms with van der Waals surface area (Å²) < 4.78 is 7.64. The number of aromatic hydroxyl groups is 1. The van der Waals surface area contributed by atoms with E-state index in [1.54, 1.807) is 24.3 Å². The Morgan fingerprint density at radius 3 is 2.84 bits per heavy atom. The van der Waals surface area contributed by atoms with Gasteiger partial charge in [-0.05, 0) is 49.6 Å². The van der Waals surface area contributed by atoms with Crippen LogP contribution in [0, 0.1) is 11.8 Å². The Bertz CT molecular complexity index is 1070. The van der Waals surface area contributed by atoms with Crippen LogP contribution in [0.3, 0.4) is 0 Å². The number of rotatable bonds is 7. The molecule has 4 atom stereocenters. The molecule has 4 heterocycles. The fraction of sp³-hybridized carbons (Fsp3) is 0.375. The second-order valence-corrected chi connectivity index (χ2v) is 8.61. The van der Waals surface area contributed by atoms with Gasteiger partial charge >= 0.3 is 0 Å². The van der Waals surface area contributed by atoms with Crippen LogP contribution in [0.5, 0.6) is 11.5 Å². The fourth-order valence-corrected chi connectivity index (χ4v) is 4.83. The number of para-hydroxylation sites is 1. The van der Waals surface area contributed by atoms with Gasteiger partial charge in [0.15, 0.2) is 0 Å². The highest BCUT2D eigenvalue weighted by atomic mass is 16.5. The summed E-state index contributed by atoms with van der Waals surface area (Å²) in [5, 5.41) is 21.1. The number of benzene rings is 2. The molecular weight excluding hydrogens is 406 g/mol. The maximum atomic E-state index is 12.9. The summed E-state index contributed by atoms with van der Waals surface area (Å²) in [6, 6.07) is 16.7. The summed E-state index contributed by atoms with van der Waals surface area (Å²) in [6.45, 7) is 2.90. The number of anilines is 1. The predicted molar refractivity (Wildman–Crippen MR) is 119 cm³/mol. The zero-order valence-electron chi connectivity index (χ0n) is 17.8. The number of ether oxygens (including phenoxy) is 1. The molecule has 2 unspecified atom stereocenters. The van der Waals surface area contributed by atoms with Crippen LogP contribution in [0.15, 0.2) is 60.8 Å². The normalized spacial score (nSPS) is 24.2. The lowest BCUT2D eigenvalue weighted by molar-refractivity contribution is -0.127. The molecule has 2 aromatic carbocycles. The minimum Gasteiger partial charge on any atom is -0.508 e. The van der Waals surface area contributed by atoms with Crippen LogP contribution in [-0.2, 0) is 17.9 Å². The molecule has 6 rings (SSSR count). The van der Waals surface area contributed by atoms with Crippen molar-refractivity contribution in [1.29, 1.82) is 0 Å². The van der Waals surface area contributed by atoms with Crippen molar-refractivity contribution in [3.05, 3.63) is 66.5 Å². The number of nitrogens with zero attached hydrogens (tertiary/aromatic N) is 4. The summed E-state index contributed by atoms with van der Waals surface area (Å²) in [7, 11) is 0. The van der Waals surface area contributed by atoms with Gasteiger partial charge < -0.3 is 15.2 Å². The molecule has 8 heteroatoms. The Balaban J connectivity index is 1.16. The van der Waals surface area contributed by atoms with E-state index in [0.717, 1.165) is 43.9 Å². The van der Waals surface area contributed by atoms with E-state index < -0.39 is 0 Å². The second-order valence-electron chi connectivity index (χ2n) is 8.61. The van der Waals surface area contributed by atoms with Crippen LogP contribution in [0.25, 0.3) is 0 Å². The van der Waals surface area contributed by atoms with Crippen molar-refractivity contribution in [3.8, 4) is 11.5 Å². The minimum absolute atomic E-state index is 0.0323. The van der Waals surface area contributed by atoms with Crippen molar-refractivity contribution in [2.75, 3.05) is 18.4 Å². The number of piperidine rings is 3. The third kappa shape index (κ3) is 4.60. The number of phenols is 1. The lowest BCUT2D eigenvalue weighted by atomic mass is 9.75. The number of fused-ring (bicyclic) bond motifs is 3. The standard InChI is InChI=1S/C24H27N5O3/c30-21-6-4-5-18(12-21)25-24(31)23-15-28-10-9-17(23)11-20(28)14-29-13-19(26-27-29)16-32-22-7-2-1-3-8-22/h1-8,12-13,17,20,23,30H,9-11,14-16H2,(H,25,31)/t17?,20-,23+/m1/s1. The van der Waals surface area contributed by atoms with Crippen LogP contribution in [0.2, 0.25) is 0 Å². The van der Waals surface area contributed by atoms with Crippen molar-refractivity contribution in [2.45, 2.75) is 32.0 Å². The number of carbonyl (C=O) groups is 1. The highest BCUT2D eigenvalue weighted by Crippen LogP contribution is 2.37. The molecule has 166 valence electrons. The molecule has 0 spiro atoms. The maximum absolute atomic E-state index is 12.9. The zero-order chi connectivity index (χ0) is 21.9. The van der Waals surface area contributed by atoms with Gasteiger partial charge in [0.25, 0.3) is 0 Å². The molecule has 3 aliphatic heterocycles. The number of aromatic nitrogens is 3. The van der Waals surface area contributed by atoms with Gasteiger partial charge in [0.2, 0.25) is 5.91 Å². The first-order valence-corrected chi connectivity index (χ1v) is 11.0. The Hall–Kier alpha value is -3.39. The molecule has 0 saturated carbocycles. The number of hydrogen-bond acceptors (Lipinski definition) is 6. The number of carbonyl (C=O) groups excluding carboxylic acids is 1. The molecule has 1 amide bonds. The topological polar surface area (TPSA) is 92.5 Å². The van der Waals surface area contributed by atoms with Crippen LogP contribution in [0.1, 0.15) is 18.5 Å². The van der Waals surface area contributed by atoms with E-state index in [4.69, 9.17) is 4.74 Å². The predicted octanol–water partition coefficient (Wildman–Crippen LogP) is 2.91. The molecule has 1 aromatic heterocycles. The van der Waals surface area contributed by atoms with Gasteiger partial charge in [-0.1, -0.05) is 29.5 Å². The van der Waals surface area contributed by atoms with Crippen molar-refractivity contribution in [1.82, 2.24) is 19.9 Å². The third-order valence-corrected chi connectivity index (χ3v) is 6.44. The third-order valence-electron chi connectivity index (χ3n) is 6.44. The van der Waals surface area contributed by atoms with Gasteiger partial charge in [0.05, 0.1) is 18.7 Å². The first-order chi connectivity index (χ1) is 15.6. The Labute approximate surface area is 186 Å². The number of hydrogen-bond donors (Lipinski definition) is 2. The molecule has 3 aromatic rings. The van der Waals surface area contributed by atoms with E-state index in [2.05, 4.69) is 20.5 Å². The fourth-order valence-electron chi connectivity index (χ4n) is 4.83. The summed E-state index contributed by atoms with van der Waals surface area (Å²) in [5.41, 5.74) is 1.43. The molecule has 8 nitrogen and oxygen atoms in total. The van der Waals surface area contributed by atoms with Crippen LogP contribution < -0.4 is 10.1 Å². The van der Waals surface area contributed by atoms with Crippen molar-refractivity contribution < 1.29 is 14.6 Å². The Morgan fingerprint density at radius 2 is 2.06 bits per heavy atom. The molecule has 3 fully saturated rings. The quantitative estimate of drug-likeness (QED) is 0.595. The highest BCUT2D eigenvalue weighted by molar-refractivity contribution is 5.93. The molecular formula is C24H27N5O3. The summed E-state index contributed by atoms with van der Waals surface area (Å²) >= 11 is 0. The van der Waals surface area contributed by atoms with E-state index in [-0.39, 0.29) is 17.6 Å².